The predicted molar refractivity (Wildman–Crippen MR) is 58.3 cm³/mol. The molecule has 1 atom stereocenters. The monoisotopic (exact) mass is 238 g/mol. The molecule has 0 aromatic heterocycles. The van der Waals surface area contributed by atoms with Gasteiger partial charge in [0.25, 0.3) is 5.91 Å². The lowest BCUT2D eigenvalue weighted by Crippen LogP contribution is -2.32. The maximum absolute atomic E-state index is 13.4. The smallest absolute Gasteiger partial charge is 0.254 e. The third-order valence-electron chi connectivity index (χ3n) is 2.27. The van der Waals surface area contributed by atoms with Crippen molar-refractivity contribution in [2.24, 2.45) is 0 Å². The number of hydrogen-bond acceptors (Lipinski definition) is 2. The third-order valence-corrected chi connectivity index (χ3v) is 2.27. The van der Waals surface area contributed by atoms with Crippen LogP contribution in [0.1, 0.15) is 29.3 Å². The van der Waals surface area contributed by atoms with Crippen molar-refractivity contribution in [1.82, 2.24) is 5.32 Å². The maximum atomic E-state index is 13.4. The number of hydrogen-bond donors (Lipinski definition) is 1. The van der Waals surface area contributed by atoms with E-state index in [0.717, 1.165) is 6.07 Å². The van der Waals surface area contributed by atoms with Gasteiger partial charge in [-0.2, -0.15) is 5.26 Å². The van der Waals surface area contributed by atoms with E-state index in [2.05, 4.69) is 5.32 Å². The van der Waals surface area contributed by atoms with E-state index in [4.69, 9.17) is 5.26 Å². The molecule has 0 saturated heterocycles. The van der Waals surface area contributed by atoms with Crippen LogP contribution in [0.5, 0.6) is 0 Å². The summed E-state index contributed by atoms with van der Waals surface area (Å²) in [4.78, 5) is 11.6. The number of rotatable bonds is 3. The summed E-state index contributed by atoms with van der Waals surface area (Å²) in [5.74, 6) is -2.24. The second-order valence-electron chi connectivity index (χ2n) is 3.82. The zero-order valence-electron chi connectivity index (χ0n) is 9.55. The van der Waals surface area contributed by atoms with Gasteiger partial charge in [0.15, 0.2) is 0 Å². The Hall–Kier alpha value is -1.96. The van der Waals surface area contributed by atoms with Crippen LogP contribution in [0.2, 0.25) is 0 Å². The quantitative estimate of drug-likeness (QED) is 0.878. The van der Waals surface area contributed by atoms with E-state index < -0.39 is 17.5 Å². The van der Waals surface area contributed by atoms with Crippen LogP contribution >= 0.6 is 0 Å². The fourth-order valence-corrected chi connectivity index (χ4v) is 1.32. The molecule has 3 nitrogen and oxygen atoms in total. The van der Waals surface area contributed by atoms with Gasteiger partial charge in [-0.15, -0.1) is 0 Å². The Bertz CT molecular complexity index is 480. The van der Waals surface area contributed by atoms with Crippen molar-refractivity contribution in [3.05, 3.63) is 34.9 Å². The number of nitrogens with one attached hydrogen (secondary N) is 1. The second kappa shape index (κ2) is 5.39. The zero-order valence-corrected chi connectivity index (χ0v) is 9.55. The molecule has 0 aliphatic rings. The highest BCUT2D eigenvalue weighted by Crippen LogP contribution is 2.14. The molecule has 0 saturated carbocycles. The summed E-state index contributed by atoms with van der Waals surface area (Å²) >= 11 is 0. The van der Waals surface area contributed by atoms with Crippen LogP contribution in [0.25, 0.3) is 0 Å². The molecule has 0 bridgehead atoms. The first-order valence-corrected chi connectivity index (χ1v) is 5.09. The molecule has 1 rings (SSSR count). The van der Waals surface area contributed by atoms with E-state index in [-0.39, 0.29) is 23.6 Å². The first-order valence-electron chi connectivity index (χ1n) is 5.09. The number of carbonyl (C=O) groups excluding carboxylic acids is 1. The highest BCUT2D eigenvalue weighted by molar-refractivity contribution is 5.94. The highest BCUT2D eigenvalue weighted by atomic mass is 19.1. The van der Waals surface area contributed by atoms with E-state index in [9.17, 15) is 13.6 Å². The highest BCUT2D eigenvalue weighted by Gasteiger charge is 2.16. The van der Waals surface area contributed by atoms with Gasteiger partial charge in [-0.1, -0.05) is 0 Å². The lowest BCUT2D eigenvalue weighted by atomic mass is 10.1. The van der Waals surface area contributed by atoms with E-state index in [1.165, 1.54) is 6.92 Å². The first kappa shape index (κ1) is 13.1. The number of aryl methyl sites for hydroxylation is 1. The average molecular weight is 238 g/mol. The van der Waals surface area contributed by atoms with Crippen molar-refractivity contribution in [2.75, 3.05) is 0 Å². The van der Waals surface area contributed by atoms with Crippen molar-refractivity contribution in [3.8, 4) is 6.07 Å². The van der Waals surface area contributed by atoms with Crippen molar-refractivity contribution in [1.29, 1.82) is 5.26 Å². The third kappa shape index (κ3) is 3.25. The molecule has 0 spiro atoms. The van der Waals surface area contributed by atoms with Crippen molar-refractivity contribution >= 4 is 5.91 Å². The summed E-state index contributed by atoms with van der Waals surface area (Å²) in [6, 6.07) is 3.35. The summed E-state index contributed by atoms with van der Waals surface area (Å²) in [6.45, 7) is 3.08. The summed E-state index contributed by atoms with van der Waals surface area (Å²) in [5, 5.41) is 10.9. The van der Waals surface area contributed by atoms with Gasteiger partial charge in [-0.25, -0.2) is 8.78 Å². The minimum Gasteiger partial charge on any atom is -0.348 e. The summed E-state index contributed by atoms with van der Waals surface area (Å²) in [6.07, 6.45) is 0.132. The Kier molecular flexibility index (Phi) is 4.16. The summed E-state index contributed by atoms with van der Waals surface area (Å²) in [5.41, 5.74) is -0.0156. The lowest BCUT2D eigenvalue weighted by molar-refractivity contribution is 0.0936. The Balaban J connectivity index is 2.90. The first-order chi connectivity index (χ1) is 7.95. The standard InChI is InChI=1S/C12H12F2N2O/c1-7-5-9(11(14)6-10(7)13)12(17)16-8(2)3-4-15/h5-6,8H,3H2,1-2H3,(H,16,17). The second-order valence-corrected chi connectivity index (χ2v) is 3.82. The molecule has 1 aromatic carbocycles. The number of halogens is 2. The van der Waals surface area contributed by atoms with Crippen LogP contribution in [-0.4, -0.2) is 11.9 Å². The molecule has 1 amide bonds. The predicted octanol–water partition coefficient (Wildman–Crippen LogP) is 2.31. The Labute approximate surface area is 98.1 Å². The molecule has 0 radical (unpaired) electrons. The number of amides is 1. The van der Waals surface area contributed by atoms with Gasteiger partial charge < -0.3 is 5.32 Å². The van der Waals surface area contributed by atoms with Gasteiger partial charge in [-0.3, -0.25) is 4.79 Å². The molecule has 0 aliphatic carbocycles. The summed E-state index contributed by atoms with van der Waals surface area (Å²) in [7, 11) is 0. The van der Waals surface area contributed by atoms with E-state index in [1.807, 2.05) is 6.07 Å². The normalized spacial score (nSPS) is 11.7. The number of nitrogens with zero attached hydrogens (tertiary/aromatic N) is 1. The molecule has 1 unspecified atom stereocenters. The molecule has 0 heterocycles. The summed E-state index contributed by atoms with van der Waals surface area (Å²) < 4.78 is 26.3. The Morgan fingerprint density at radius 1 is 1.47 bits per heavy atom. The molecule has 1 aromatic rings. The molecule has 5 heteroatoms. The molecule has 0 fully saturated rings. The number of carbonyl (C=O) groups is 1. The fourth-order valence-electron chi connectivity index (χ4n) is 1.32. The van der Waals surface area contributed by atoms with Gasteiger partial charge in [0.1, 0.15) is 11.6 Å². The van der Waals surface area contributed by atoms with E-state index in [1.54, 1.807) is 6.92 Å². The van der Waals surface area contributed by atoms with Gasteiger partial charge in [0.2, 0.25) is 0 Å². The van der Waals surface area contributed by atoms with Crippen LogP contribution in [0.3, 0.4) is 0 Å². The van der Waals surface area contributed by atoms with E-state index in [0.29, 0.717) is 6.07 Å². The molecular weight excluding hydrogens is 226 g/mol. The largest absolute Gasteiger partial charge is 0.348 e. The Morgan fingerprint density at radius 3 is 2.71 bits per heavy atom. The lowest BCUT2D eigenvalue weighted by Gasteiger charge is -2.11. The Morgan fingerprint density at radius 2 is 2.12 bits per heavy atom. The van der Waals surface area contributed by atoms with Crippen LogP contribution in [0.15, 0.2) is 12.1 Å². The maximum Gasteiger partial charge on any atom is 0.254 e. The topological polar surface area (TPSA) is 52.9 Å². The van der Waals surface area contributed by atoms with Crippen molar-refractivity contribution in [3.63, 3.8) is 0 Å². The number of benzene rings is 1. The van der Waals surface area contributed by atoms with Crippen LogP contribution < -0.4 is 5.32 Å². The van der Waals surface area contributed by atoms with Gasteiger partial charge in [0, 0.05) is 12.1 Å². The van der Waals surface area contributed by atoms with Gasteiger partial charge >= 0.3 is 0 Å². The molecule has 1 N–H and O–H groups in total. The molecule has 17 heavy (non-hydrogen) atoms. The van der Waals surface area contributed by atoms with Crippen LogP contribution in [-0.2, 0) is 0 Å². The fraction of sp³-hybridized carbons (Fsp3) is 0.333. The average Bonchev–Trinajstić information content (AvgIpc) is 2.23. The zero-order chi connectivity index (χ0) is 13.0. The minimum absolute atomic E-state index is 0.132. The van der Waals surface area contributed by atoms with E-state index >= 15 is 0 Å². The number of nitriles is 1. The van der Waals surface area contributed by atoms with Crippen molar-refractivity contribution < 1.29 is 13.6 Å². The van der Waals surface area contributed by atoms with Crippen LogP contribution in [0.4, 0.5) is 8.78 Å². The van der Waals surface area contributed by atoms with Crippen molar-refractivity contribution in [2.45, 2.75) is 26.3 Å². The van der Waals surface area contributed by atoms with Gasteiger partial charge in [0.05, 0.1) is 18.1 Å². The molecule has 0 aliphatic heterocycles. The molecule has 90 valence electrons. The minimum atomic E-state index is -0.908. The molecular formula is C12H12F2N2O. The van der Waals surface area contributed by atoms with Gasteiger partial charge in [-0.05, 0) is 25.5 Å². The van der Waals surface area contributed by atoms with Crippen LogP contribution in [0, 0.1) is 29.9 Å². The SMILES string of the molecule is Cc1cc(C(=O)NC(C)CC#N)c(F)cc1F.